The quantitative estimate of drug-likeness (QED) is 0.385. The first-order valence-electron chi connectivity index (χ1n) is 8.97. The van der Waals surface area contributed by atoms with E-state index in [9.17, 15) is 19.5 Å². The number of hydrogen-bond donors (Lipinski definition) is 2. The number of fused-ring (bicyclic) bond motifs is 2. The molecular weight excluding hydrogens is 410 g/mol. The van der Waals surface area contributed by atoms with E-state index in [1.807, 2.05) is 0 Å². The van der Waals surface area contributed by atoms with Gasteiger partial charge in [-0.3, -0.25) is 9.59 Å². The third-order valence-electron chi connectivity index (χ3n) is 4.99. The highest BCUT2D eigenvalue weighted by Gasteiger charge is 2.20. The van der Waals surface area contributed by atoms with Crippen molar-refractivity contribution in [3.63, 3.8) is 0 Å². The Morgan fingerprint density at radius 1 is 1.20 bits per heavy atom. The number of rotatable bonds is 3. The number of hydrogen-bond acceptors (Lipinski definition) is 6. The average molecular weight is 426 g/mol. The standard InChI is InChI=1S/C21H16ClN3O5/c1-10(11-3-5-12(6-4-11)21(29)30-2)25-20(28)16-17(19(27)24-25)23-15-9-13(22)7-8-14(15)18(16)26/h3-10H,1-2H3,(H,23,26)(H,24,27). The van der Waals surface area contributed by atoms with Crippen molar-refractivity contribution in [1.29, 1.82) is 0 Å². The normalized spacial score (nSPS) is 12.2. The van der Waals surface area contributed by atoms with Crippen LogP contribution in [-0.4, -0.2) is 33.0 Å². The number of methoxy groups -OCH3 is 1. The van der Waals surface area contributed by atoms with E-state index in [4.69, 9.17) is 11.6 Å². The molecule has 30 heavy (non-hydrogen) atoms. The van der Waals surface area contributed by atoms with E-state index >= 15 is 0 Å². The maximum absolute atomic E-state index is 13.1. The summed E-state index contributed by atoms with van der Waals surface area (Å²) in [5.41, 5.74) is 0.173. The molecule has 0 aliphatic carbocycles. The molecule has 0 saturated carbocycles. The first kappa shape index (κ1) is 19.7. The number of aromatic nitrogens is 3. The van der Waals surface area contributed by atoms with Crippen molar-refractivity contribution in [2.24, 2.45) is 0 Å². The number of pyridine rings is 1. The van der Waals surface area contributed by atoms with E-state index in [1.165, 1.54) is 19.2 Å². The monoisotopic (exact) mass is 425 g/mol. The number of aromatic amines is 1. The molecule has 0 saturated heterocycles. The number of H-pyrrole nitrogens is 1. The second-order valence-corrected chi connectivity index (χ2v) is 7.19. The number of aromatic hydroxyl groups is 1. The van der Waals surface area contributed by atoms with Gasteiger partial charge in [-0.15, -0.1) is 5.10 Å². The Balaban J connectivity index is 1.91. The molecule has 4 aromatic rings. The molecule has 0 aliphatic heterocycles. The van der Waals surface area contributed by atoms with E-state index in [0.29, 0.717) is 21.7 Å². The first-order chi connectivity index (χ1) is 14.3. The van der Waals surface area contributed by atoms with E-state index in [1.54, 1.807) is 37.3 Å². The summed E-state index contributed by atoms with van der Waals surface area (Å²) in [6.07, 6.45) is 0. The first-order valence-corrected chi connectivity index (χ1v) is 9.35. The van der Waals surface area contributed by atoms with Gasteiger partial charge in [-0.25, -0.2) is 9.48 Å². The topological polar surface area (TPSA) is 114 Å². The van der Waals surface area contributed by atoms with Crippen LogP contribution in [0.3, 0.4) is 0 Å². The maximum atomic E-state index is 13.1. The van der Waals surface area contributed by atoms with Gasteiger partial charge in [0.15, 0.2) is 0 Å². The minimum Gasteiger partial charge on any atom is -0.491 e. The van der Waals surface area contributed by atoms with E-state index in [2.05, 4.69) is 14.8 Å². The Morgan fingerprint density at radius 2 is 1.90 bits per heavy atom. The van der Waals surface area contributed by atoms with Crippen molar-refractivity contribution in [2.45, 2.75) is 13.0 Å². The zero-order chi connectivity index (χ0) is 21.6. The molecule has 2 N–H and O–H groups in total. The molecule has 0 radical (unpaired) electrons. The Hall–Kier alpha value is -3.65. The zero-order valence-corrected chi connectivity index (χ0v) is 16.7. The maximum Gasteiger partial charge on any atom is 0.337 e. The molecule has 8 nitrogen and oxygen atoms in total. The van der Waals surface area contributed by atoms with Crippen molar-refractivity contribution in [3.8, 4) is 5.88 Å². The fraction of sp³-hybridized carbons (Fsp3) is 0.143. The number of carbonyl (C=O) groups excluding carboxylic acids is 1. The van der Waals surface area contributed by atoms with Crippen molar-refractivity contribution in [1.82, 2.24) is 14.8 Å². The van der Waals surface area contributed by atoms with Gasteiger partial charge >= 0.3 is 5.97 Å². The second kappa shape index (κ2) is 7.31. The molecule has 9 heteroatoms. The van der Waals surface area contributed by atoms with Gasteiger partial charge in [-0.1, -0.05) is 23.7 Å². The lowest BCUT2D eigenvalue weighted by Gasteiger charge is -2.16. The highest BCUT2D eigenvalue weighted by atomic mass is 35.5. The summed E-state index contributed by atoms with van der Waals surface area (Å²) in [5.74, 6) is -0.965. The molecule has 0 spiro atoms. The molecule has 1 atom stereocenters. The fourth-order valence-electron chi connectivity index (χ4n) is 3.37. The number of halogens is 1. The third-order valence-corrected chi connectivity index (χ3v) is 5.23. The minimum absolute atomic E-state index is 0.0516. The van der Waals surface area contributed by atoms with E-state index < -0.39 is 28.9 Å². The molecule has 1 unspecified atom stereocenters. The van der Waals surface area contributed by atoms with Crippen LogP contribution < -0.4 is 11.0 Å². The van der Waals surface area contributed by atoms with Crippen LogP contribution in [0.25, 0.3) is 21.8 Å². The van der Waals surface area contributed by atoms with Crippen LogP contribution in [0, 0.1) is 0 Å². The fourth-order valence-corrected chi connectivity index (χ4v) is 3.54. The van der Waals surface area contributed by atoms with Crippen LogP contribution in [0.5, 0.6) is 5.88 Å². The number of carbonyl (C=O) groups is 1. The summed E-state index contributed by atoms with van der Waals surface area (Å²) in [6, 6.07) is 10.4. The van der Waals surface area contributed by atoms with Gasteiger partial charge in [0, 0.05) is 10.4 Å². The lowest BCUT2D eigenvalue weighted by molar-refractivity contribution is 0.0600. The van der Waals surface area contributed by atoms with E-state index in [-0.39, 0.29) is 16.3 Å². The number of nitrogens with one attached hydrogen (secondary N) is 1. The molecular formula is C21H16ClN3O5. The van der Waals surface area contributed by atoms with Crippen LogP contribution in [0.15, 0.2) is 52.1 Å². The SMILES string of the molecule is COC(=O)c1ccc(C(C)n2nc(O)c3[nH]c4cc(Cl)ccc4c(=O)c3c2=O)cc1. The summed E-state index contributed by atoms with van der Waals surface area (Å²) in [6.45, 7) is 1.70. The van der Waals surface area contributed by atoms with Gasteiger partial charge in [-0.2, -0.15) is 0 Å². The van der Waals surface area contributed by atoms with Gasteiger partial charge in [-0.05, 0) is 42.8 Å². The van der Waals surface area contributed by atoms with Crippen LogP contribution in [0.2, 0.25) is 5.02 Å². The van der Waals surface area contributed by atoms with Crippen LogP contribution in [-0.2, 0) is 4.74 Å². The molecule has 0 bridgehead atoms. The lowest BCUT2D eigenvalue weighted by Crippen LogP contribution is -2.30. The van der Waals surface area contributed by atoms with E-state index in [0.717, 1.165) is 4.68 Å². The average Bonchev–Trinajstić information content (AvgIpc) is 2.75. The zero-order valence-electron chi connectivity index (χ0n) is 16.0. The van der Waals surface area contributed by atoms with Crippen LogP contribution in [0.4, 0.5) is 0 Å². The summed E-state index contributed by atoms with van der Waals surface area (Å²) in [5, 5.41) is 14.9. The molecule has 4 rings (SSSR count). The van der Waals surface area contributed by atoms with Crippen LogP contribution >= 0.6 is 11.6 Å². The van der Waals surface area contributed by atoms with Crippen molar-refractivity contribution < 1.29 is 14.6 Å². The predicted molar refractivity (Wildman–Crippen MR) is 112 cm³/mol. The number of nitrogens with zero attached hydrogens (tertiary/aromatic N) is 2. The van der Waals surface area contributed by atoms with Gasteiger partial charge in [0.25, 0.3) is 11.4 Å². The van der Waals surface area contributed by atoms with Crippen molar-refractivity contribution in [2.75, 3.05) is 7.11 Å². The van der Waals surface area contributed by atoms with Gasteiger partial charge in [0.1, 0.15) is 10.9 Å². The smallest absolute Gasteiger partial charge is 0.337 e. The predicted octanol–water partition coefficient (Wildman–Crippen LogP) is 2.99. The number of esters is 1. The Kier molecular flexibility index (Phi) is 4.79. The highest BCUT2D eigenvalue weighted by Crippen LogP contribution is 2.23. The molecule has 2 heterocycles. The van der Waals surface area contributed by atoms with Gasteiger partial charge in [0.2, 0.25) is 5.43 Å². The molecule has 152 valence electrons. The summed E-state index contributed by atoms with van der Waals surface area (Å²) >= 11 is 5.97. The molecule has 2 aromatic heterocycles. The largest absolute Gasteiger partial charge is 0.491 e. The summed E-state index contributed by atoms with van der Waals surface area (Å²) in [7, 11) is 1.29. The van der Waals surface area contributed by atoms with Gasteiger partial charge in [0.05, 0.1) is 24.2 Å². The molecule has 0 aliphatic rings. The third kappa shape index (κ3) is 3.11. The second-order valence-electron chi connectivity index (χ2n) is 6.76. The Labute approximate surface area is 174 Å². The van der Waals surface area contributed by atoms with Crippen molar-refractivity contribution >= 4 is 39.4 Å². The molecule has 0 fully saturated rings. The lowest BCUT2D eigenvalue weighted by atomic mass is 10.1. The Morgan fingerprint density at radius 3 is 2.57 bits per heavy atom. The number of benzene rings is 2. The molecule has 0 amide bonds. The van der Waals surface area contributed by atoms with Crippen LogP contribution in [0.1, 0.15) is 28.9 Å². The van der Waals surface area contributed by atoms with Crippen molar-refractivity contribution in [3.05, 3.63) is 79.2 Å². The van der Waals surface area contributed by atoms with Gasteiger partial charge < -0.3 is 14.8 Å². The highest BCUT2D eigenvalue weighted by molar-refractivity contribution is 6.31. The summed E-state index contributed by atoms with van der Waals surface area (Å²) in [4.78, 5) is 40.6. The Bertz CT molecular complexity index is 1420. The summed E-state index contributed by atoms with van der Waals surface area (Å²) < 4.78 is 5.72. The minimum atomic E-state index is -0.648. The molecule has 2 aromatic carbocycles. The number of ether oxygens (including phenoxy) is 1.